The predicted octanol–water partition coefficient (Wildman–Crippen LogP) is -0.736. The van der Waals surface area contributed by atoms with Crippen molar-refractivity contribution in [1.29, 1.82) is 0 Å². The molecule has 0 saturated heterocycles. The third-order valence-corrected chi connectivity index (χ3v) is 1.80. The smallest absolute Gasteiger partial charge is 1.00 e. The van der Waals surface area contributed by atoms with Crippen LogP contribution < -0.4 is 51.4 Å². The third kappa shape index (κ3) is 3.35. The minimum absolute atomic E-state index is 0. The molecule has 0 amide bonds. The van der Waals surface area contributed by atoms with Gasteiger partial charge >= 0.3 is 57.4 Å². The van der Waals surface area contributed by atoms with E-state index in [1.807, 2.05) is 0 Å². The zero-order valence-electron chi connectivity index (χ0n) is 7.04. The van der Waals surface area contributed by atoms with Crippen molar-refractivity contribution in [2.24, 2.45) is 0 Å². The van der Waals surface area contributed by atoms with Crippen LogP contribution in [0.15, 0.2) is 28.7 Å². The van der Waals surface area contributed by atoms with E-state index in [9.17, 15) is 4.79 Å². The molecular formula is C7H6BrKO2. The molecule has 0 aliphatic carbocycles. The van der Waals surface area contributed by atoms with Gasteiger partial charge in [-0.2, -0.15) is 0 Å². The molecule has 0 spiro atoms. The topological polar surface area (TPSA) is 37.3 Å². The van der Waals surface area contributed by atoms with Crippen LogP contribution in [-0.2, 0) is 0 Å². The van der Waals surface area contributed by atoms with Crippen LogP contribution in [0.3, 0.4) is 0 Å². The van der Waals surface area contributed by atoms with E-state index in [4.69, 9.17) is 5.11 Å². The van der Waals surface area contributed by atoms with E-state index in [-0.39, 0.29) is 52.8 Å². The molecule has 0 radical (unpaired) electrons. The first kappa shape index (κ1) is 11.8. The molecule has 1 N–H and O–H groups in total. The molecule has 0 bridgehead atoms. The average molecular weight is 241 g/mol. The molecule has 1 aromatic carbocycles. The number of carboxylic acids is 1. The van der Waals surface area contributed by atoms with Crippen LogP contribution in [0.5, 0.6) is 0 Å². The third-order valence-electron chi connectivity index (χ3n) is 1.10. The van der Waals surface area contributed by atoms with Crippen LogP contribution in [0, 0.1) is 0 Å². The number of rotatable bonds is 1. The molecule has 0 aromatic heterocycles. The Labute approximate surface area is 117 Å². The Balaban J connectivity index is 0. The normalized spacial score (nSPS) is 8.45. The first-order valence-corrected chi connectivity index (χ1v) is 3.49. The monoisotopic (exact) mass is 240 g/mol. The summed E-state index contributed by atoms with van der Waals surface area (Å²) >= 11 is 3.12. The van der Waals surface area contributed by atoms with E-state index >= 15 is 0 Å². The van der Waals surface area contributed by atoms with Crippen molar-refractivity contribution < 1.29 is 62.7 Å². The van der Waals surface area contributed by atoms with Gasteiger partial charge in [-0.1, -0.05) is 12.1 Å². The summed E-state index contributed by atoms with van der Waals surface area (Å²) in [7, 11) is 0. The summed E-state index contributed by atoms with van der Waals surface area (Å²) in [6, 6.07) is 6.71. The Morgan fingerprint density at radius 1 is 1.45 bits per heavy atom. The van der Waals surface area contributed by atoms with Crippen molar-refractivity contribution in [2.45, 2.75) is 0 Å². The van der Waals surface area contributed by atoms with Crippen LogP contribution in [0.1, 0.15) is 11.8 Å². The SMILES string of the molecule is O=C(O)c1ccccc1Br.[H-].[K+]. The second-order valence-electron chi connectivity index (χ2n) is 1.78. The van der Waals surface area contributed by atoms with Crippen molar-refractivity contribution in [1.82, 2.24) is 0 Å². The summed E-state index contributed by atoms with van der Waals surface area (Å²) in [5, 5.41) is 8.54. The number of carbonyl (C=O) groups is 1. The molecule has 0 fully saturated rings. The molecular weight excluding hydrogens is 235 g/mol. The van der Waals surface area contributed by atoms with Crippen molar-refractivity contribution >= 4 is 21.9 Å². The van der Waals surface area contributed by atoms with Gasteiger partial charge in [-0.15, -0.1) is 0 Å². The molecule has 0 atom stereocenters. The van der Waals surface area contributed by atoms with E-state index in [1.165, 1.54) is 0 Å². The molecule has 0 aliphatic heterocycles. The number of hydrogen-bond acceptors (Lipinski definition) is 1. The first-order valence-electron chi connectivity index (χ1n) is 2.69. The number of hydrogen-bond donors (Lipinski definition) is 1. The van der Waals surface area contributed by atoms with Gasteiger partial charge in [0.15, 0.2) is 0 Å². The van der Waals surface area contributed by atoms with E-state index in [0.29, 0.717) is 10.0 Å². The van der Waals surface area contributed by atoms with Crippen molar-refractivity contribution in [3.05, 3.63) is 34.3 Å². The van der Waals surface area contributed by atoms with Crippen LogP contribution in [0.2, 0.25) is 0 Å². The minimum Gasteiger partial charge on any atom is -1.00 e. The Morgan fingerprint density at radius 2 is 2.00 bits per heavy atom. The summed E-state index contributed by atoms with van der Waals surface area (Å²) in [5.74, 6) is -0.910. The van der Waals surface area contributed by atoms with E-state index in [0.717, 1.165) is 0 Å². The summed E-state index contributed by atoms with van der Waals surface area (Å²) in [6.45, 7) is 0. The molecule has 0 aliphatic rings. The zero-order chi connectivity index (χ0) is 7.56. The van der Waals surface area contributed by atoms with Gasteiger partial charge in [0.25, 0.3) is 0 Å². The summed E-state index contributed by atoms with van der Waals surface area (Å²) in [4.78, 5) is 10.4. The van der Waals surface area contributed by atoms with Gasteiger partial charge < -0.3 is 6.53 Å². The van der Waals surface area contributed by atoms with Crippen LogP contribution >= 0.6 is 15.9 Å². The maximum Gasteiger partial charge on any atom is 1.00 e. The fraction of sp³-hybridized carbons (Fsp3) is 0. The Kier molecular flexibility index (Phi) is 5.85. The summed E-state index contributed by atoms with van der Waals surface area (Å²) in [6.07, 6.45) is 0. The summed E-state index contributed by atoms with van der Waals surface area (Å²) < 4.78 is 0.613. The Bertz CT molecular complexity index is 267. The largest absolute Gasteiger partial charge is 1.00 e. The second-order valence-corrected chi connectivity index (χ2v) is 2.64. The zero-order valence-corrected chi connectivity index (χ0v) is 10.8. The van der Waals surface area contributed by atoms with Gasteiger partial charge in [-0.25, -0.2) is 4.79 Å². The molecule has 2 nitrogen and oxygen atoms in total. The molecule has 1 rings (SSSR count). The quantitative estimate of drug-likeness (QED) is 0.658. The molecule has 1 aromatic rings. The number of aromatic carboxylic acids is 1. The van der Waals surface area contributed by atoms with Gasteiger partial charge in [0.05, 0.1) is 5.56 Å². The van der Waals surface area contributed by atoms with Gasteiger partial charge in [0.1, 0.15) is 0 Å². The number of halogens is 1. The fourth-order valence-electron chi connectivity index (χ4n) is 0.635. The van der Waals surface area contributed by atoms with E-state index in [2.05, 4.69) is 15.9 Å². The van der Waals surface area contributed by atoms with Gasteiger partial charge in [-0.3, -0.25) is 0 Å². The van der Waals surface area contributed by atoms with Gasteiger partial charge in [0.2, 0.25) is 0 Å². The fourth-order valence-corrected chi connectivity index (χ4v) is 1.09. The molecule has 0 saturated carbocycles. The molecule has 11 heavy (non-hydrogen) atoms. The van der Waals surface area contributed by atoms with Gasteiger partial charge in [0, 0.05) is 4.47 Å². The minimum atomic E-state index is -0.910. The van der Waals surface area contributed by atoms with Gasteiger partial charge in [-0.05, 0) is 28.1 Å². The van der Waals surface area contributed by atoms with Crippen molar-refractivity contribution in [3.63, 3.8) is 0 Å². The molecule has 0 unspecified atom stereocenters. The Morgan fingerprint density at radius 3 is 2.36 bits per heavy atom. The second kappa shape index (κ2) is 5.45. The van der Waals surface area contributed by atoms with E-state index < -0.39 is 5.97 Å². The number of carboxylic acid groups (broad SMARTS) is 1. The Hall–Kier alpha value is 0.806. The molecule has 4 heteroatoms. The molecule has 54 valence electrons. The van der Waals surface area contributed by atoms with E-state index in [1.54, 1.807) is 24.3 Å². The van der Waals surface area contributed by atoms with Crippen LogP contribution in [0.25, 0.3) is 0 Å². The maximum absolute atomic E-state index is 10.4. The van der Waals surface area contributed by atoms with Crippen molar-refractivity contribution in [2.75, 3.05) is 0 Å². The maximum atomic E-state index is 10.4. The van der Waals surface area contributed by atoms with Crippen LogP contribution in [-0.4, -0.2) is 11.1 Å². The summed E-state index contributed by atoms with van der Waals surface area (Å²) in [5.41, 5.74) is 0.294. The number of benzene rings is 1. The predicted molar refractivity (Wildman–Crippen MR) is 42.2 cm³/mol. The average Bonchev–Trinajstić information content (AvgIpc) is 1.88. The van der Waals surface area contributed by atoms with Crippen molar-refractivity contribution in [3.8, 4) is 0 Å². The van der Waals surface area contributed by atoms with Crippen LogP contribution in [0.4, 0.5) is 0 Å². The molecule has 0 heterocycles. The standard InChI is InChI=1S/C7H5BrO2.K.H/c8-6-4-2-1-3-5(6)7(9)10;;/h1-4H,(H,9,10);;/q;+1;-1. The first-order chi connectivity index (χ1) is 4.72.